The first-order chi connectivity index (χ1) is 18.4. The van der Waals surface area contributed by atoms with E-state index in [1.807, 2.05) is 13.8 Å². The summed E-state index contributed by atoms with van der Waals surface area (Å²) in [5.41, 5.74) is -0.329. The van der Waals surface area contributed by atoms with Gasteiger partial charge >= 0.3 is 13.3 Å². The minimum Gasteiger partial charge on any atom is -0.408 e. The van der Waals surface area contributed by atoms with Gasteiger partial charge in [0.25, 0.3) is 5.91 Å². The van der Waals surface area contributed by atoms with Crippen LogP contribution in [0.25, 0.3) is 0 Å². The highest BCUT2D eigenvalue weighted by atomic mass is 35.5. The Balaban J connectivity index is 1.85. The molecule has 0 saturated carbocycles. The molecule has 0 radical (unpaired) electrons. The van der Waals surface area contributed by atoms with Crippen LogP contribution in [0.3, 0.4) is 0 Å². The molecule has 1 fully saturated rings. The normalized spacial score (nSPS) is 16.3. The molecule has 39 heavy (non-hydrogen) atoms. The molecule has 0 spiro atoms. The van der Waals surface area contributed by atoms with E-state index in [1.54, 1.807) is 0 Å². The van der Waals surface area contributed by atoms with E-state index in [2.05, 4.69) is 16.0 Å². The highest BCUT2D eigenvalue weighted by molar-refractivity contribution is 6.47. The largest absolute Gasteiger partial charge is 0.480 e. The monoisotopic (exact) mass is 587 g/mol. The topological polar surface area (TPSA) is 88.7 Å². The first-order valence-electron chi connectivity index (χ1n) is 12.6. The van der Waals surface area contributed by atoms with E-state index in [1.165, 1.54) is 30.3 Å². The number of hydrogen-bond acceptors (Lipinski definition) is 5. The van der Waals surface area contributed by atoms with Crippen LogP contribution in [-0.4, -0.2) is 57.2 Å². The fraction of sp³-hybridized carbons (Fsp3) is 0.462. The number of alkyl halides is 3. The van der Waals surface area contributed by atoms with Gasteiger partial charge in [0.2, 0.25) is 5.91 Å². The van der Waals surface area contributed by atoms with Gasteiger partial charge in [-0.2, -0.15) is 13.2 Å². The molecule has 1 saturated heterocycles. The van der Waals surface area contributed by atoms with Crippen LogP contribution in [0.1, 0.15) is 41.8 Å². The summed E-state index contributed by atoms with van der Waals surface area (Å²) in [5, 5.41) is 9.18. The van der Waals surface area contributed by atoms with Crippen molar-refractivity contribution in [2.45, 2.75) is 44.8 Å². The van der Waals surface area contributed by atoms with Gasteiger partial charge in [-0.3, -0.25) is 9.59 Å². The van der Waals surface area contributed by atoms with E-state index in [4.69, 9.17) is 32.5 Å². The maximum atomic E-state index is 13.6. The summed E-state index contributed by atoms with van der Waals surface area (Å²) in [6.45, 7) is 6.02. The standard InChI is InChI=1S/C26H31BCl2F3N3O4/c1-16(2)13-23(27-38-11-9-33-10-12-39-27)35-25(37)22(14-17-3-5-18(6-4-17)26(30,31)32)34-24(36)20-15-19(28)7-8-21(20)29/h3-8,15-16,22-23,33H,9-14H2,1-2H3,(H,34,36)(H,35,37)/t22-,23-/m0/s1. The van der Waals surface area contributed by atoms with Gasteiger partial charge in [0.05, 0.1) is 22.1 Å². The summed E-state index contributed by atoms with van der Waals surface area (Å²) in [5.74, 6) is -1.55. The van der Waals surface area contributed by atoms with Crippen LogP contribution in [-0.2, 0) is 26.7 Å². The molecular formula is C26H31BCl2F3N3O4. The van der Waals surface area contributed by atoms with Crippen LogP contribution in [0.2, 0.25) is 10.0 Å². The number of amides is 2. The fourth-order valence-electron chi connectivity index (χ4n) is 4.11. The fourth-order valence-corrected chi connectivity index (χ4v) is 4.49. The smallest absolute Gasteiger partial charge is 0.408 e. The van der Waals surface area contributed by atoms with Gasteiger partial charge in [-0.1, -0.05) is 49.2 Å². The second kappa shape index (κ2) is 14.4. The molecule has 0 aromatic heterocycles. The zero-order chi connectivity index (χ0) is 28.6. The van der Waals surface area contributed by atoms with Gasteiger partial charge in [0.1, 0.15) is 6.04 Å². The van der Waals surface area contributed by atoms with Gasteiger partial charge in [-0.05, 0) is 48.2 Å². The van der Waals surface area contributed by atoms with Crippen LogP contribution in [0.4, 0.5) is 13.2 Å². The first-order valence-corrected chi connectivity index (χ1v) is 13.4. The molecule has 13 heteroatoms. The van der Waals surface area contributed by atoms with Gasteiger partial charge < -0.3 is 25.3 Å². The average Bonchev–Trinajstić information content (AvgIpc) is 2.84. The van der Waals surface area contributed by atoms with Crippen molar-refractivity contribution in [1.29, 1.82) is 0 Å². The molecular weight excluding hydrogens is 557 g/mol. The Kier molecular flexibility index (Phi) is 11.5. The lowest BCUT2D eigenvalue weighted by atomic mass is 9.73. The number of carbonyl (C=O) groups is 2. The summed E-state index contributed by atoms with van der Waals surface area (Å²) in [6.07, 6.45) is -4.03. The molecule has 1 aliphatic heterocycles. The van der Waals surface area contributed by atoms with Gasteiger partial charge in [-0.15, -0.1) is 0 Å². The summed E-state index contributed by atoms with van der Waals surface area (Å²) < 4.78 is 50.8. The van der Waals surface area contributed by atoms with Crippen LogP contribution in [0.15, 0.2) is 42.5 Å². The summed E-state index contributed by atoms with van der Waals surface area (Å²) in [7, 11) is -0.705. The zero-order valence-corrected chi connectivity index (χ0v) is 23.1. The lowest BCUT2D eigenvalue weighted by molar-refractivity contribution is -0.137. The minimum absolute atomic E-state index is 0.0623. The Morgan fingerprint density at radius 3 is 2.26 bits per heavy atom. The number of halogens is 5. The molecule has 2 aromatic carbocycles. The maximum absolute atomic E-state index is 13.6. The first kappa shape index (κ1) is 31.2. The third kappa shape index (κ3) is 9.68. The molecule has 0 aliphatic carbocycles. The summed E-state index contributed by atoms with van der Waals surface area (Å²) in [4.78, 5) is 26.7. The number of nitrogens with one attached hydrogen (secondary N) is 3. The van der Waals surface area contributed by atoms with E-state index < -0.39 is 42.7 Å². The Morgan fingerprint density at radius 2 is 1.67 bits per heavy atom. The SMILES string of the molecule is CC(C)C[C@H](NC(=O)[C@H](Cc1ccc(C(F)(F)F)cc1)NC(=O)c1cc(Cl)ccc1Cl)B1OCCNCCO1. The minimum atomic E-state index is -4.50. The van der Waals surface area contributed by atoms with E-state index in [-0.39, 0.29) is 27.9 Å². The number of rotatable bonds is 9. The summed E-state index contributed by atoms with van der Waals surface area (Å²) >= 11 is 12.2. The van der Waals surface area contributed by atoms with Crippen molar-refractivity contribution in [3.05, 3.63) is 69.2 Å². The van der Waals surface area contributed by atoms with Gasteiger partial charge in [-0.25, -0.2) is 0 Å². The molecule has 7 nitrogen and oxygen atoms in total. The molecule has 2 atom stereocenters. The predicted octanol–water partition coefficient (Wildman–Crippen LogP) is 4.55. The molecule has 1 heterocycles. The van der Waals surface area contributed by atoms with Crippen molar-refractivity contribution in [2.24, 2.45) is 5.92 Å². The van der Waals surface area contributed by atoms with Crippen LogP contribution < -0.4 is 16.0 Å². The van der Waals surface area contributed by atoms with Crippen LogP contribution in [0.5, 0.6) is 0 Å². The van der Waals surface area contributed by atoms with Gasteiger partial charge in [0.15, 0.2) is 0 Å². The molecule has 1 aliphatic rings. The number of carbonyl (C=O) groups excluding carboxylic acids is 2. The molecule has 3 N–H and O–H groups in total. The van der Waals surface area contributed by atoms with Crippen molar-refractivity contribution < 1.29 is 32.1 Å². The highest BCUT2D eigenvalue weighted by Gasteiger charge is 2.35. The third-order valence-corrected chi connectivity index (χ3v) is 6.58. The van der Waals surface area contributed by atoms with Crippen molar-refractivity contribution in [1.82, 2.24) is 16.0 Å². The second-order valence-electron chi connectivity index (χ2n) is 9.65. The van der Waals surface area contributed by atoms with Gasteiger partial charge in [0, 0.05) is 37.7 Å². The van der Waals surface area contributed by atoms with Crippen molar-refractivity contribution in [3.63, 3.8) is 0 Å². The Hall–Kier alpha value is -2.31. The molecule has 3 rings (SSSR count). The van der Waals surface area contributed by atoms with E-state index in [0.29, 0.717) is 38.3 Å². The van der Waals surface area contributed by atoms with Crippen LogP contribution in [0, 0.1) is 5.92 Å². The second-order valence-corrected chi connectivity index (χ2v) is 10.5. The zero-order valence-electron chi connectivity index (χ0n) is 21.6. The molecule has 2 aromatic rings. The van der Waals surface area contributed by atoms with E-state index in [9.17, 15) is 22.8 Å². The average molecular weight is 588 g/mol. The molecule has 0 unspecified atom stereocenters. The quantitative estimate of drug-likeness (QED) is 0.375. The van der Waals surface area contributed by atoms with E-state index >= 15 is 0 Å². The lowest BCUT2D eigenvalue weighted by Gasteiger charge is -2.29. The molecule has 2 amide bonds. The predicted molar refractivity (Wildman–Crippen MR) is 145 cm³/mol. The van der Waals surface area contributed by atoms with E-state index in [0.717, 1.165) is 12.1 Å². The number of hydrogen-bond donors (Lipinski definition) is 3. The third-order valence-electron chi connectivity index (χ3n) is 6.02. The Labute approximate surface area is 236 Å². The molecule has 0 bridgehead atoms. The Bertz CT molecular complexity index is 1110. The Morgan fingerprint density at radius 1 is 1.03 bits per heavy atom. The lowest BCUT2D eigenvalue weighted by Crippen LogP contribution is -2.57. The highest BCUT2D eigenvalue weighted by Crippen LogP contribution is 2.29. The van der Waals surface area contributed by atoms with Crippen molar-refractivity contribution in [2.75, 3.05) is 26.3 Å². The van der Waals surface area contributed by atoms with Crippen molar-refractivity contribution in [3.8, 4) is 0 Å². The van der Waals surface area contributed by atoms with Crippen LogP contribution >= 0.6 is 23.2 Å². The maximum Gasteiger partial charge on any atom is 0.480 e. The number of benzene rings is 2. The summed E-state index contributed by atoms with van der Waals surface area (Å²) in [6, 6.07) is 7.64. The molecule has 212 valence electrons. The van der Waals surface area contributed by atoms with Crippen molar-refractivity contribution >= 4 is 42.1 Å².